The molecule has 0 spiro atoms. The summed E-state index contributed by atoms with van der Waals surface area (Å²) in [7, 11) is 1.72. The van der Waals surface area contributed by atoms with Crippen LogP contribution in [0.15, 0.2) is 15.6 Å². The van der Waals surface area contributed by atoms with Gasteiger partial charge in [-0.3, -0.25) is 14.7 Å². The lowest BCUT2D eigenvalue weighted by molar-refractivity contribution is -0.153. The quantitative estimate of drug-likeness (QED) is 0.304. The number of rotatable bonds is 4. The van der Waals surface area contributed by atoms with Gasteiger partial charge in [0.2, 0.25) is 0 Å². The fourth-order valence-electron chi connectivity index (χ4n) is 2.70. The average Bonchev–Trinajstić information content (AvgIpc) is 2.93. The molecular formula is C17H30IN5O3. The molecular weight excluding hydrogens is 449 g/mol. The number of aryl methyl sites for hydroxylation is 1. The maximum absolute atomic E-state index is 11.8. The van der Waals surface area contributed by atoms with E-state index in [4.69, 9.17) is 9.26 Å². The minimum atomic E-state index is -0.479. The highest BCUT2D eigenvalue weighted by molar-refractivity contribution is 14.0. The number of esters is 1. The van der Waals surface area contributed by atoms with Crippen molar-refractivity contribution in [1.29, 1.82) is 0 Å². The van der Waals surface area contributed by atoms with Crippen LogP contribution < -0.4 is 5.32 Å². The van der Waals surface area contributed by atoms with Crippen molar-refractivity contribution in [2.24, 2.45) is 4.99 Å². The molecule has 0 aromatic carbocycles. The molecule has 0 amide bonds. The number of carbonyl (C=O) groups is 1. The molecule has 2 rings (SSSR count). The van der Waals surface area contributed by atoms with Gasteiger partial charge in [0.25, 0.3) is 0 Å². The molecule has 1 aliphatic rings. The lowest BCUT2D eigenvalue weighted by Crippen LogP contribution is -2.53. The van der Waals surface area contributed by atoms with Crippen LogP contribution in [0.2, 0.25) is 0 Å². The summed E-state index contributed by atoms with van der Waals surface area (Å²) in [6.07, 6.45) is 0. The summed E-state index contributed by atoms with van der Waals surface area (Å²) in [5, 5.41) is 7.13. The van der Waals surface area contributed by atoms with E-state index >= 15 is 0 Å². The zero-order chi connectivity index (χ0) is 18.4. The molecule has 0 unspecified atom stereocenters. The molecule has 1 aromatic heterocycles. The number of nitrogens with one attached hydrogen (secondary N) is 1. The second-order valence-electron chi connectivity index (χ2n) is 7.18. The molecule has 1 aromatic rings. The van der Waals surface area contributed by atoms with E-state index in [9.17, 15) is 4.79 Å². The van der Waals surface area contributed by atoms with Gasteiger partial charge in [0.15, 0.2) is 5.96 Å². The molecule has 0 saturated carbocycles. The second-order valence-corrected chi connectivity index (χ2v) is 7.18. The number of guanidine groups is 1. The van der Waals surface area contributed by atoms with Crippen LogP contribution in [-0.2, 0) is 16.1 Å². The van der Waals surface area contributed by atoms with Crippen LogP contribution >= 0.6 is 24.0 Å². The normalized spacial score (nSPS) is 16.2. The van der Waals surface area contributed by atoms with E-state index in [0.29, 0.717) is 0 Å². The lowest BCUT2D eigenvalue weighted by atomic mass is 10.2. The number of hydrogen-bond acceptors (Lipinski definition) is 6. The third-order valence-corrected chi connectivity index (χ3v) is 3.76. The molecule has 0 bridgehead atoms. The number of aliphatic imine (C=N–C) groups is 1. The molecule has 0 radical (unpaired) electrons. The van der Waals surface area contributed by atoms with Crippen LogP contribution in [0, 0.1) is 6.92 Å². The van der Waals surface area contributed by atoms with Crippen LogP contribution in [-0.4, -0.2) is 72.3 Å². The van der Waals surface area contributed by atoms with Gasteiger partial charge in [0.1, 0.15) is 17.9 Å². The molecule has 26 heavy (non-hydrogen) atoms. The molecule has 2 heterocycles. The van der Waals surface area contributed by atoms with Crippen molar-refractivity contribution in [3.8, 4) is 0 Å². The molecule has 9 heteroatoms. The topological polar surface area (TPSA) is 83.2 Å². The van der Waals surface area contributed by atoms with Gasteiger partial charge in [-0.05, 0) is 27.7 Å². The Hall–Kier alpha value is -1.36. The van der Waals surface area contributed by atoms with E-state index in [2.05, 4.69) is 25.3 Å². The standard InChI is InChI=1S/C17H29N5O3.HI/c1-13-10-14(20-25-13)12-21-6-8-22(9-7-21)16(18-5)19-11-15(23)24-17(2,3)4;/h10H,6-9,11-12H2,1-5H3,(H,18,19);1H. The summed E-state index contributed by atoms with van der Waals surface area (Å²) in [6.45, 7) is 11.8. The maximum atomic E-state index is 11.8. The Kier molecular flexibility index (Phi) is 8.81. The van der Waals surface area contributed by atoms with E-state index < -0.39 is 5.60 Å². The summed E-state index contributed by atoms with van der Waals surface area (Å²) in [6, 6.07) is 1.97. The number of aromatic nitrogens is 1. The number of halogens is 1. The van der Waals surface area contributed by atoms with Crippen molar-refractivity contribution in [3.63, 3.8) is 0 Å². The SMILES string of the molecule is CN=C(NCC(=O)OC(C)(C)C)N1CCN(Cc2cc(C)on2)CC1.I. The van der Waals surface area contributed by atoms with Crippen LogP contribution in [0.1, 0.15) is 32.2 Å². The van der Waals surface area contributed by atoms with Gasteiger partial charge in [0.05, 0.1) is 5.69 Å². The summed E-state index contributed by atoms with van der Waals surface area (Å²) in [4.78, 5) is 20.6. The van der Waals surface area contributed by atoms with Gasteiger partial charge < -0.3 is 19.5 Å². The fraction of sp³-hybridized carbons (Fsp3) is 0.706. The Bertz CT molecular complexity index is 604. The molecule has 1 N–H and O–H groups in total. The Morgan fingerprint density at radius 3 is 2.50 bits per heavy atom. The van der Waals surface area contributed by atoms with Crippen molar-refractivity contribution in [2.45, 2.75) is 39.8 Å². The van der Waals surface area contributed by atoms with Crippen molar-refractivity contribution < 1.29 is 14.1 Å². The minimum absolute atomic E-state index is 0. The number of hydrogen-bond donors (Lipinski definition) is 1. The summed E-state index contributed by atoms with van der Waals surface area (Å²) >= 11 is 0. The zero-order valence-electron chi connectivity index (χ0n) is 16.2. The molecule has 1 fully saturated rings. The number of carbonyl (C=O) groups excluding carboxylic acids is 1. The first-order valence-electron chi connectivity index (χ1n) is 8.59. The third-order valence-electron chi connectivity index (χ3n) is 3.76. The Morgan fingerprint density at radius 1 is 1.35 bits per heavy atom. The molecule has 1 aliphatic heterocycles. The van der Waals surface area contributed by atoms with Gasteiger partial charge in [-0.1, -0.05) is 5.16 Å². The van der Waals surface area contributed by atoms with E-state index in [0.717, 1.165) is 50.1 Å². The number of ether oxygens (including phenoxy) is 1. The molecule has 0 aliphatic carbocycles. The van der Waals surface area contributed by atoms with Crippen molar-refractivity contribution in [3.05, 3.63) is 17.5 Å². The minimum Gasteiger partial charge on any atom is -0.459 e. The molecule has 0 atom stereocenters. The summed E-state index contributed by atoms with van der Waals surface area (Å²) < 4.78 is 10.4. The maximum Gasteiger partial charge on any atom is 0.325 e. The van der Waals surface area contributed by atoms with Crippen molar-refractivity contribution >= 4 is 35.9 Å². The van der Waals surface area contributed by atoms with Crippen molar-refractivity contribution in [2.75, 3.05) is 39.8 Å². The summed E-state index contributed by atoms with van der Waals surface area (Å²) in [5.74, 6) is 1.27. The van der Waals surface area contributed by atoms with E-state index in [1.807, 2.05) is 33.8 Å². The Balaban J connectivity index is 0.00000338. The highest BCUT2D eigenvalue weighted by Crippen LogP contribution is 2.09. The van der Waals surface area contributed by atoms with Gasteiger partial charge in [-0.25, -0.2) is 0 Å². The predicted octanol–water partition coefficient (Wildman–Crippen LogP) is 1.64. The summed E-state index contributed by atoms with van der Waals surface area (Å²) in [5.41, 5.74) is 0.478. The molecule has 1 saturated heterocycles. The first-order valence-corrected chi connectivity index (χ1v) is 8.59. The fourth-order valence-corrected chi connectivity index (χ4v) is 2.70. The van der Waals surface area contributed by atoms with Gasteiger partial charge in [-0.2, -0.15) is 0 Å². The van der Waals surface area contributed by atoms with Crippen LogP contribution in [0.3, 0.4) is 0 Å². The van der Waals surface area contributed by atoms with Crippen LogP contribution in [0.4, 0.5) is 0 Å². The smallest absolute Gasteiger partial charge is 0.325 e. The van der Waals surface area contributed by atoms with Gasteiger partial charge >= 0.3 is 5.97 Å². The second kappa shape index (κ2) is 10.1. The van der Waals surface area contributed by atoms with Gasteiger partial charge in [-0.15, -0.1) is 24.0 Å². The Morgan fingerprint density at radius 2 is 2.00 bits per heavy atom. The monoisotopic (exact) mass is 479 g/mol. The van der Waals surface area contributed by atoms with Gasteiger partial charge in [0, 0.05) is 45.8 Å². The first-order chi connectivity index (χ1) is 11.8. The number of piperazine rings is 1. The van der Waals surface area contributed by atoms with E-state index in [1.54, 1.807) is 7.05 Å². The highest BCUT2D eigenvalue weighted by Gasteiger charge is 2.22. The zero-order valence-corrected chi connectivity index (χ0v) is 18.6. The van der Waals surface area contributed by atoms with E-state index in [1.165, 1.54) is 0 Å². The number of nitrogens with zero attached hydrogens (tertiary/aromatic N) is 4. The predicted molar refractivity (Wildman–Crippen MR) is 111 cm³/mol. The lowest BCUT2D eigenvalue weighted by Gasteiger charge is -2.36. The largest absolute Gasteiger partial charge is 0.459 e. The first kappa shape index (κ1) is 22.7. The van der Waals surface area contributed by atoms with E-state index in [-0.39, 0.29) is 36.5 Å². The van der Waals surface area contributed by atoms with Crippen LogP contribution in [0.5, 0.6) is 0 Å². The molecule has 8 nitrogen and oxygen atoms in total. The Labute approximate surface area is 172 Å². The van der Waals surface area contributed by atoms with Crippen molar-refractivity contribution in [1.82, 2.24) is 20.3 Å². The highest BCUT2D eigenvalue weighted by atomic mass is 127. The van der Waals surface area contributed by atoms with Crippen LogP contribution in [0.25, 0.3) is 0 Å². The molecule has 148 valence electrons. The average molecular weight is 479 g/mol. The third kappa shape index (κ3) is 7.48.